The lowest BCUT2D eigenvalue weighted by atomic mass is 10.1. The molecule has 3 heteroatoms. The van der Waals surface area contributed by atoms with Gasteiger partial charge in [0.25, 0.3) is 0 Å². The van der Waals surface area contributed by atoms with Crippen molar-refractivity contribution in [3.05, 3.63) is 29.8 Å². The maximum absolute atomic E-state index is 5.79. The minimum Gasteiger partial charge on any atom is -0.494 e. The van der Waals surface area contributed by atoms with E-state index in [-0.39, 0.29) is 6.29 Å². The summed E-state index contributed by atoms with van der Waals surface area (Å²) in [6.45, 7) is 6.65. The van der Waals surface area contributed by atoms with Crippen LogP contribution in [0.15, 0.2) is 24.3 Å². The van der Waals surface area contributed by atoms with E-state index in [2.05, 4.69) is 13.8 Å². The van der Waals surface area contributed by atoms with E-state index in [1.807, 2.05) is 24.3 Å². The summed E-state index contributed by atoms with van der Waals surface area (Å²) in [4.78, 5) is 0. The SMILES string of the molecule is CCCOc1ccc(C2OCC(CCC)CO2)cc1. The van der Waals surface area contributed by atoms with Gasteiger partial charge in [-0.3, -0.25) is 0 Å². The Morgan fingerprint density at radius 2 is 1.74 bits per heavy atom. The summed E-state index contributed by atoms with van der Waals surface area (Å²) in [5, 5.41) is 0. The van der Waals surface area contributed by atoms with Crippen LogP contribution in [-0.4, -0.2) is 19.8 Å². The second-order valence-corrected chi connectivity index (χ2v) is 5.07. The van der Waals surface area contributed by atoms with Crippen molar-refractivity contribution in [2.45, 2.75) is 39.4 Å². The summed E-state index contributed by atoms with van der Waals surface area (Å²) in [7, 11) is 0. The molecule has 0 unspecified atom stereocenters. The molecule has 1 aliphatic heterocycles. The van der Waals surface area contributed by atoms with E-state index in [1.54, 1.807) is 0 Å². The Balaban J connectivity index is 1.85. The maximum atomic E-state index is 5.79. The van der Waals surface area contributed by atoms with Crippen LogP contribution in [0, 0.1) is 5.92 Å². The Hall–Kier alpha value is -1.06. The van der Waals surface area contributed by atoms with Crippen LogP contribution in [0.4, 0.5) is 0 Å². The predicted octanol–water partition coefficient (Wildman–Crippen LogP) is 3.94. The Labute approximate surface area is 115 Å². The molecule has 0 aromatic heterocycles. The van der Waals surface area contributed by atoms with Gasteiger partial charge in [0.2, 0.25) is 0 Å². The van der Waals surface area contributed by atoms with Gasteiger partial charge in [0.1, 0.15) is 5.75 Å². The largest absolute Gasteiger partial charge is 0.494 e. The van der Waals surface area contributed by atoms with Crippen molar-refractivity contribution in [3.8, 4) is 5.75 Å². The Morgan fingerprint density at radius 1 is 1.05 bits per heavy atom. The summed E-state index contributed by atoms with van der Waals surface area (Å²) in [6.07, 6.45) is 3.17. The molecule has 3 nitrogen and oxygen atoms in total. The van der Waals surface area contributed by atoms with Gasteiger partial charge in [-0.2, -0.15) is 0 Å². The van der Waals surface area contributed by atoms with Gasteiger partial charge in [0.05, 0.1) is 19.8 Å². The fraction of sp³-hybridized carbons (Fsp3) is 0.625. The second-order valence-electron chi connectivity index (χ2n) is 5.07. The smallest absolute Gasteiger partial charge is 0.183 e. The van der Waals surface area contributed by atoms with Crippen molar-refractivity contribution >= 4 is 0 Å². The molecule has 0 amide bonds. The first kappa shape index (κ1) is 14.4. The predicted molar refractivity (Wildman–Crippen MR) is 75.3 cm³/mol. The molecule has 0 aliphatic carbocycles. The van der Waals surface area contributed by atoms with E-state index in [1.165, 1.54) is 12.8 Å². The molecule has 19 heavy (non-hydrogen) atoms. The first-order valence-corrected chi connectivity index (χ1v) is 7.29. The van der Waals surface area contributed by atoms with E-state index >= 15 is 0 Å². The van der Waals surface area contributed by atoms with Gasteiger partial charge in [0.15, 0.2) is 6.29 Å². The molecule has 1 fully saturated rings. The molecular formula is C16H24O3. The van der Waals surface area contributed by atoms with Crippen LogP contribution >= 0.6 is 0 Å². The zero-order valence-electron chi connectivity index (χ0n) is 11.9. The van der Waals surface area contributed by atoms with Gasteiger partial charge < -0.3 is 14.2 Å². The fourth-order valence-corrected chi connectivity index (χ4v) is 2.25. The monoisotopic (exact) mass is 264 g/mol. The van der Waals surface area contributed by atoms with Gasteiger partial charge in [-0.25, -0.2) is 0 Å². The minimum absolute atomic E-state index is 0.215. The van der Waals surface area contributed by atoms with Crippen LogP contribution < -0.4 is 4.74 Å². The van der Waals surface area contributed by atoms with Crippen LogP contribution in [0.5, 0.6) is 5.75 Å². The van der Waals surface area contributed by atoms with E-state index in [4.69, 9.17) is 14.2 Å². The summed E-state index contributed by atoms with van der Waals surface area (Å²) < 4.78 is 17.1. The van der Waals surface area contributed by atoms with Gasteiger partial charge in [-0.15, -0.1) is 0 Å². The quantitative estimate of drug-likeness (QED) is 0.779. The molecule has 0 N–H and O–H groups in total. The van der Waals surface area contributed by atoms with Gasteiger partial charge in [0, 0.05) is 11.5 Å². The Morgan fingerprint density at radius 3 is 2.32 bits per heavy atom. The summed E-state index contributed by atoms with van der Waals surface area (Å²) >= 11 is 0. The van der Waals surface area contributed by atoms with Crippen molar-refractivity contribution in [3.63, 3.8) is 0 Å². The average Bonchev–Trinajstić information content (AvgIpc) is 2.47. The zero-order chi connectivity index (χ0) is 13.5. The van der Waals surface area contributed by atoms with Crippen LogP contribution in [0.1, 0.15) is 45.0 Å². The standard InChI is InChI=1S/C16H24O3/c1-3-5-13-11-18-16(19-12-13)14-6-8-15(9-7-14)17-10-4-2/h6-9,13,16H,3-5,10-12H2,1-2H3. The summed E-state index contributed by atoms with van der Waals surface area (Å²) in [6, 6.07) is 8.01. The first-order chi connectivity index (χ1) is 9.33. The molecule has 0 atom stereocenters. The highest BCUT2D eigenvalue weighted by atomic mass is 16.7. The maximum Gasteiger partial charge on any atom is 0.183 e. The highest BCUT2D eigenvalue weighted by Gasteiger charge is 2.22. The molecular weight excluding hydrogens is 240 g/mol. The molecule has 2 rings (SSSR count). The molecule has 1 aromatic carbocycles. The lowest BCUT2D eigenvalue weighted by molar-refractivity contribution is -0.206. The summed E-state index contributed by atoms with van der Waals surface area (Å²) in [5.41, 5.74) is 1.07. The number of rotatable bonds is 6. The molecule has 0 bridgehead atoms. The Bertz CT molecular complexity index is 353. The van der Waals surface area contributed by atoms with Crippen molar-refractivity contribution in [2.75, 3.05) is 19.8 Å². The third-order valence-corrected chi connectivity index (χ3v) is 3.29. The molecule has 1 aliphatic rings. The molecule has 0 radical (unpaired) electrons. The molecule has 106 valence electrons. The first-order valence-electron chi connectivity index (χ1n) is 7.29. The fourth-order valence-electron chi connectivity index (χ4n) is 2.25. The number of benzene rings is 1. The molecule has 1 saturated heterocycles. The number of hydrogen-bond donors (Lipinski definition) is 0. The third kappa shape index (κ3) is 4.22. The molecule has 1 heterocycles. The van der Waals surface area contributed by atoms with Gasteiger partial charge in [-0.1, -0.05) is 32.4 Å². The van der Waals surface area contributed by atoms with Crippen LogP contribution in [0.3, 0.4) is 0 Å². The van der Waals surface area contributed by atoms with Gasteiger partial charge in [-0.05, 0) is 25.0 Å². The van der Waals surface area contributed by atoms with Crippen molar-refractivity contribution in [1.29, 1.82) is 0 Å². The normalized spacial score (nSPS) is 23.3. The molecule has 0 spiro atoms. The third-order valence-electron chi connectivity index (χ3n) is 3.29. The van der Waals surface area contributed by atoms with Crippen LogP contribution in [0.2, 0.25) is 0 Å². The highest BCUT2D eigenvalue weighted by molar-refractivity contribution is 5.28. The van der Waals surface area contributed by atoms with E-state index in [0.717, 1.165) is 37.6 Å². The van der Waals surface area contributed by atoms with E-state index in [0.29, 0.717) is 5.92 Å². The summed E-state index contributed by atoms with van der Waals surface area (Å²) in [5.74, 6) is 1.46. The lowest BCUT2D eigenvalue weighted by Crippen LogP contribution is -2.26. The average molecular weight is 264 g/mol. The highest BCUT2D eigenvalue weighted by Crippen LogP contribution is 2.27. The van der Waals surface area contributed by atoms with Crippen LogP contribution in [0.25, 0.3) is 0 Å². The Kier molecular flexibility index (Phi) is 5.67. The van der Waals surface area contributed by atoms with Crippen molar-refractivity contribution < 1.29 is 14.2 Å². The topological polar surface area (TPSA) is 27.7 Å². The lowest BCUT2D eigenvalue weighted by Gasteiger charge is -2.29. The van der Waals surface area contributed by atoms with E-state index in [9.17, 15) is 0 Å². The van der Waals surface area contributed by atoms with Crippen LogP contribution in [-0.2, 0) is 9.47 Å². The second kappa shape index (κ2) is 7.51. The van der Waals surface area contributed by atoms with Gasteiger partial charge >= 0.3 is 0 Å². The molecule has 0 saturated carbocycles. The number of hydrogen-bond acceptors (Lipinski definition) is 3. The zero-order valence-corrected chi connectivity index (χ0v) is 11.9. The van der Waals surface area contributed by atoms with Crippen molar-refractivity contribution in [2.24, 2.45) is 5.92 Å². The van der Waals surface area contributed by atoms with E-state index < -0.39 is 0 Å². The minimum atomic E-state index is -0.215. The van der Waals surface area contributed by atoms with Crippen molar-refractivity contribution in [1.82, 2.24) is 0 Å². The molecule has 1 aromatic rings. The number of ether oxygens (including phenoxy) is 3.